The van der Waals surface area contributed by atoms with Crippen molar-refractivity contribution in [2.45, 2.75) is 13.8 Å². The lowest BCUT2D eigenvalue weighted by Gasteiger charge is -2.20. The van der Waals surface area contributed by atoms with E-state index in [1.165, 1.54) is 0 Å². The van der Waals surface area contributed by atoms with Crippen LogP contribution in [0.5, 0.6) is 0 Å². The lowest BCUT2D eigenvalue weighted by Crippen LogP contribution is -2.21. The van der Waals surface area contributed by atoms with Gasteiger partial charge in [0.05, 0.1) is 0 Å². The maximum absolute atomic E-state index is 12.1. The zero-order valence-corrected chi connectivity index (χ0v) is 12.1. The minimum absolute atomic E-state index is 0.380. The van der Waals surface area contributed by atoms with Gasteiger partial charge in [0, 0.05) is 42.6 Å². The molecule has 0 amide bonds. The van der Waals surface area contributed by atoms with E-state index in [0.29, 0.717) is 17.0 Å². The Morgan fingerprint density at radius 1 is 1.24 bits per heavy atom. The predicted molar refractivity (Wildman–Crippen MR) is 83.6 cm³/mol. The highest BCUT2D eigenvalue weighted by molar-refractivity contribution is 5.83. The quantitative estimate of drug-likeness (QED) is 0.748. The number of aromatic amines is 1. The molecule has 0 atom stereocenters. The number of benzene rings is 1. The maximum Gasteiger partial charge on any atom is 0.347 e. The number of nitrogens with zero attached hydrogens (tertiary/aromatic N) is 2. The Bertz CT molecular complexity index is 802. The topological polar surface area (TPSA) is 62.1 Å². The van der Waals surface area contributed by atoms with Crippen LogP contribution in [0.1, 0.15) is 13.8 Å². The number of aromatic nitrogens is 2. The smallest absolute Gasteiger partial charge is 0.347 e. The first-order chi connectivity index (χ1) is 10.2. The lowest BCUT2D eigenvalue weighted by atomic mass is 10.1. The second-order valence-corrected chi connectivity index (χ2v) is 4.78. The Kier molecular flexibility index (Phi) is 3.48. The van der Waals surface area contributed by atoms with Gasteiger partial charge in [0.15, 0.2) is 0 Å². The first-order valence-corrected chi connectivity index (χ1v) is 7.05. The number of fused-ring (bicyclic) bond motifs is 1. The highest BCUT2D eigenvalue weighted by Gasteiger charge is 2.11. The number of imidazole rings is 1. The van der Waals surface area contributed by atoms with Crippen LogP contribution in [-0.4, -0.2) is 23.1 Å². The molecule has 0 unspecified atom stereocenters. The highest BCUT2D eigenvalue weighted by atomic mass is 16.4. The third kappa shape index (κ3) is 2.42. The average molecular weight is 283 g/mol. The van der Waals surface area contributed by atoms with Crippen LogP contribution in [0.4, 0.5) is 5.69 Å². The van der Waals surface area contributed by atoms with Gasteiger partial charge >= 0.3 is 5.63 Å². The molecule has 0 bridgehead atoms. The maximum atomic E-state index is 12.1. The first kappa shape index (κ1) is 13.4. The highest BCUT2D eigenvalue weighted by Crippen LogP contribution is 2.23. The van der Waals surface area contributed by atoms with Crippen molar-refractivity contribution < 1.29 is 4.42 Å². The van der Waals surface area contributed by atoms with Crippen molar-refractivity contribution in [2.75, 3.05) is 18.0 Å². The Balaban J connectivity index is 2.13. The Morgan fingerprint density at radius 3 is 2.71 bits per heavy atom. The summed E-state index contributed by atoms with van der Waals surface area (Å²) in [4.78, 5) is 21.3. The molecule has 5 nitrogen and oxygen atoms in total. The van der Waals surface area contributed by atoms with Crippen molar-refractivity contribution in [3.05, 3.63) is 47.1 Å². The molecule has 0 fully saturated rings. The van der Waals surface area contributed by atoms with E-state index in [4.69, 9.17) is 4.42 Å². The number of rotatable bonds is 4. The fourth-order valence-corrected chi connectivity index (χ4v) is 2.46. The number of H-pyrrole nitrogens is 1. The van der Waals surface area contributed by atoms with Crippen molar-refractivity contribution in [3.8, 4) is 11.4 Å². The first-order valence-electron chi connectivity index (χ1n) is 7.05. The van der Waals surface area contributed by atoms with Gasteiger partial charge in [0.1, 0.15) is 17.0 Å². The Hall–Kier alpha value is -2.56. The fraction of sp³-hybridized carbons (Fsp3) is 0.250. The normalized spacial score (nSPS) is 11.0. The number of nitrogens with one attached hydrogen (secondary N) is 1. The monoisotopic (exact) mass is 283 g/mol. The summed E-state index contributed by atoms with van der Waals surface area (Å²) < 4.78 is 5.45. The molecule has 5 heteroatoms. The molecule has 0 radical (unpaired) electrons. The van der Waals surface area contributed by atoms with Crippen LogP contribution < -0.4 is 10.5 Å². The van der Waals surface area contributed by atoms with E-state index in [0.717, 1.165) is 24.2 Å². The van der Waals surface area contributed by atoms with Gasteiger partial charge in [-0.05, 0) is 32.0 Å². The molecule has 108 valence electrons. The number of anilines is 1. The van der Waals surface area contributed by atoms with Crippen LogP contribution in [0.3, 0.4) is 0 Å². The van der Waals surface area contributed by atoms with Crippen LogP contribution in [0.2, 0.25) is 0 Å². The molecule has 1 aromatic carbocycles. The molecule has 0 saturated carbocycles. The second kappa shape index (κ2) is 5.44. The zero-order valence-electron chi connectivity index (χ0n) is 12.1. The molecule has 0 spiro atoms. The average Bonchev–Trinajstić information content (AvgIpc) is 3.01. The summed E-state index contributed by atoms with van der Waals surface area (Å²) >= 11 is 0. The molecular weight excluding hydrogens is 266 g/mol. The van der Waals surface area contributed by atoms with Gasteiger partial charge in [0.2, 0.25) is 0 Å². The van der Waals surface area contributed by atoms with Crippen molar-refractivity contribution in [1.29, 1.82) is 0 Å². The van der Waals surface area contributed by atoms with E-state index >= 15 is 0 Å². The van der Waals surface area contributed by atoms with Gasteiger partial charge in [-0.25, -0.2) is 9.78 Å². The van der Waals surface area contributed by atoms with Gasteiger partial charge in [-0.15, -0.1) is 0 Å². The third-order valence-electron chi connectivity index (χ3n) is 3.60. The molecule has 2 aromatic heterocycles. The summed E-state index contributed by atoms with van der Waals surface area (Å²) in [7, 11) is 0. The molecule has 0 aliphatic carbocycles. The molecule has 3 aromatic rings. The van der Waals surface area contributed by atoms with E-state index in [1.54, 1.807) is 12.4 Å². The van der Waals surface area contributed by atoms with Crippen LogP contribution in [0, 0.1) is 0 Å². The van der Waals surface area contributed by atoms with Crippen LogP contribution in [0.25, 0.3) is 22.4 Å². The summed E-state index contributed by atoms with van der Waals surface area (Å²) in [6.45, 7) is 6.03. The van der Waals surface area contributed by atoms with Crippen molar-refractivity contribution in [1.82, 2.24) is 9.97 Å². The zero-order chi connectivity index (χ0) is 14.8. The van der Waals surface area contributed by atoms with Crippen LogP contribution >= 0.6 is 0 Å². The van der Waals surface area contributed by atoms with E-state index in [2.05, 4.69) is 28.7 Å². The van der Waals surface area contributed by atoms with E-state index in [1.807, 2.05) is 24.3 Å². The van der Waals surface area contributed by atoms with Gasteiger partial charge in [-0.2, -0.15) is 0 Å². The second-order valence-electron chi connectivity index (χ2n) is 4.78. The predicted octanol–water partition coefficient (Wildman–Crippen LogP) is 3.03. The molecule has 0 saturated heterocycles. The number of hydrogen-bond donors (Lipinski definition) is 1. The van der Waals surface area contributed by atoms with E-state index in [-0.39, 0.29) is 5.63 Å². The summed E-state index contributed by atoms with van der Waals surface area (Å²) in [5.41, 5.74) is 1.72. The molecule has 0 aliphatic heterocycles. The largest absolute Gasteiger partial charge is 0.422 e. The van der Waals surface area contributed by atoms with Crippen LogP contribution in [-0.2, 0) is 0 Å². The van der Waals surface area contributed by atoms with Gasteiger partial charge in [0.25, 0.3) is 0 Å². The Labute approximate surface area is 122 Å². The lowest BCUT2D eigenvalue weighted by molar-refractivity contribution is 0.562. The SMILES string of the molecule is CCN(CC)c1ccc2cc(-c3ncc[nH]3)c(=O)oc2c1. The summed E-state index contributed by atoms with van der Waals surface area (Å²) in [5.74, 6) is 0.526. The molecular formula is C16H17N3O2. The fourth-order valence-electron chi connectivity index (χ4n) is 2.46. The summed E-state index contributed by atoms with van der Waals surface area (Å²) in [6.07, 6.45) is 3.30. The third-order valence-corrected chi connectivity index (χ3v) is 3.60. The molecule has 21 heavy (non-hydrogen) atoms. The minimum atomic E-state index is -0.380. The van der Waals surface area contributed by atoms with Crippen molar-refractivity contribution >= 4 is 16.7 Å². The van der Waals surface area contributed by atoms with E-state index in [9.17, 15) is 4.79 Å². The van der Waals surface area contributed by atoms with Gasteiger partial charge in [-0.3, -0.25) is 0 Å². The van der Waals surface area contributed by atoms with Crippen molar-refractivity contribution in [2.24, 2.45) is 0 Å². The molecule has 1 N–H and O–H groups in total. The van der Waals surface area contributed by atoms with E-state index < -0.39 is 0 Å². The van der Waals surface area contributed by atoms with Crippen molar-refractivity contribution in [3.63, 3.8) is 0 Å². The summed E-state index contributed by atoms with van der Waals surface area (Å²) in [5, 5.41) is 0.886. The molecule has 0 aliphatic rings. The minimum Gasteiger partial charge on any atom is -0.422 e. The molecule has 2 heterocycles. The summed E-state index contributed by atoms with van der Waals surface area (Å²) in [6, 6.07) is 7.74. The van der Waals surface area contributed by atoms with Gasteiger partial charge < -0.3 is 14.3 Å². The van der Waals surface area contributed by atoms with Crippen LogP contribution in [0.15, 0.2) is 45.9 Å². The Morgan fingerprint density at radius 2 is 2.05 bits per heavy atom. The van der Waals surface area contributed by atoms with Gasteiger partial charge in [-0.1, -0.05) is 0 Å². The standard InChI is InChI=1S/C16H17N3O2/c1-3-19(4-2)12-6-5-11-9-13(15-17-7-8-18-15)16(20)21-14(11)10-12/h5-10H,3-4H2,1-2H3,(H,17,18). The number of hydrogen-bond acceptors (Lipinski definition) is 4. The molecule has 3 rings (SSSR count).